The molecule has 0 aromatic heterocycles. The summed E-state index contributed by atoms with van der Waals surface area (Å²) >= 11 is 3.88. The zero-order valence-corrected chi connectivity index (χ0v) is 44.5. The molecule has 3 heteroatoms. The maximum atomic E-state index is 5.74. The van der Waals surface area contributed by atoms with Gasteiger partial charge in [-0.25, -0.2) is 0 Å². The van der Waals surface area contributed by atoms with Crippen LogP contribution in [0.15, 0.2) is 41.4 Å². The Morgan fingerprint density at radius 3 is 1.00 bits per heavy atom. The van der Waals surface area contributed by atoms with Crippen LogP contribution in [0.5, 0.6) is 0 Å². The molecule has 2 rings (SSSR count). The average Bonchev–Trinajstić information content (AvgIpc) is 3.28. The van der Waals surface area contributed by atoms with Crippen molar-refractivity contribution < 1.29 is 22.7 Å². The number of nitrogens with zero attached hydrogens (tertiary/aromatic N) is 2. The second-order valence-electron chi connectivity index (χ2n) is 19.7. The van der Waals surface area contributed by atoms with Gasteiger partial charge in [0.1, 0.15) is 0 Å². The summed E-state index contributed by atoms with van der Waals surface area (Å²) in [5.74, 6) is 0. The van der Waals surface area contributed by atoms with Crippen LogP contribution in [-0.2, 0) is 45.1 Å². The van der Waals surface area contributed by atoms with Gasteiger partial charge in [0.05, 0.1) is 0 Å². The van der Waals surface area contributed by atoms with Gasteiger partial charge in [-0.1, -0.05) is 84.0 Å². The SMILES string of the molecule is CCCCCCCCCCCCCCCCCCCCCCC(=Nc1cc(CCCCC)cc(CCCCC)c1)C(CCCC)=[N+]([Pd])c1cc(CCCCC)cc(CCCCC)c1. The molecule has 0 aliphatic carbocycles. The Bertz CT molecular complexity index is 1380. The van der Waals surface area contributed by atoms with Crippen molar-refractivity contribution in [3.63, 3.8) is 0 Å². The van der Waals surface area contributed by atoms with Crippen molar-refractivity contribution in [3.05, 3.63) is 58.7 Å². The number of aryl methyl sites for hydroxylation is 4. The first-order chi connectivity index (χ1) is 31.0. The van der Waals surface area contributed by atoms with Gasteiger partial charge in [0.15, 0.2) is 0 Å². The summed E-state index contributed by atoms with van der Waals surface area (Å²) in [6, 6.07) is 14.9. The van der Waals surface area contributed by atoms with Crippen LogP contribution in [-0.4, -0.2) is 14.6 Å². The number of unbranched alkanes of at least 4 members (excludes halogenated alkanes) is 28. The van der Waals surface area contributed by atoms with Gasteiger partial charge in [-0.2, -0.15) is 0 Å². The molecule has 0 amide bonds. The van der Waals surface area contributed by atoms with E-state index in [1.807, 2.05) is 0 Å². The standard InChI is InChI=1S/C60H104N2.Pd/c1-7-13-19-20-21-22-23-24-25-26-27-28-29-30-31-32-33-34-35-40-46-60(62-58-51-55(43-38-16-10-4)48-56(52-58)44-39-17-11-5)59(45-18-12-6)61-57-49-53(41-36-14-8-2)47-54(50-57)42-37-15-9-3;/h47-52H,7-46H2,1-6H3;/q;+1. The molecule has 0 atom stereocenters. The molecule has 0 radical (unpaired) electrons. The first-order valence-electron chi connectivity index (χ1n) is 28.1. The van der Waals surface area contributed by atoms with Gasteiger partial charge in [0.2, 0.25) is 0 Å². The third kappa shape index (κ3) is 29.0. The Labute approximate surface area is 405 Å². The van der Waals surface area contributed by atoms with Crippen molar-refractivity contribution in [3.8, 4) is 0 Å². The first-order valence-corrected chi connectivity index (χ1v) is 28.8. The summed E-state index contributed by atoms with van der Waals surface area (Å²) in [6.07, 6.45) is 52.9. The molecule has 2 nitrogen and oxygen atoms in total. The maximum absolute atomic E-state index is 5.74. The third-order valence-corrected chi connectivity index (χ3v) is 14.2. The molecule has 2 aromatic carbocycles. The number of benzene rings is 2. The third-order valence-electron chi connectivity index (χ3n) is 13.4. The van der Waals surface area contributed by atoms with E-state index in [0.717, 1.165) is 25.7 Å². The minimum absolute atomic E-state index is 1.05. The summed E-state index contributed by atoms with van der Waals surface area (Å²) in [6.45, 7) is 13.9. The first kappa shape index (κ1) is 57.6. The fraction of sp³-hybridized carbons (Fsp3) is 0.767. The number of rotatable bonds is 43. The van der Waals surface area contributed by atoms with Crippen LogP contribution in [0.2, 0.25) is 0 Å². The van der Waals surface area contributed by atoms with Crippen LogP contribution >= 0.6 is 0 Å². The topological polar surface area (TPSA) is 15.4 Å². The predicted molar refractivity (Wildman–Crippen MR) is 280 cm³/mol. The van der Waals surface area contributed by atoms with Gasteiger partial charge in [-0.05, 0) is 0 Å². The predicted octanol–water partition coefficient (Wildman–Crippen LogP) is 20.3. The average molecular weight is 960 g/mol. The second-order valence-corrected chi connectivity index (χ2v) is 20.4. The monoisotopic (exact) mass is 959 g/mol. The fourth-order valence-electron chi connectivity index (χ4n) is 9.36. The summed E-state index contributed by atoms with van der Waals surface area (Å²) in [5.41, 5.74) is 11.2. The van der Waals surface area contributed by atoms with E-state index in [2.05, 4.69) is 101 Å². The van der Waals surface area contributed by atoms with Crippen LogP contribution in [0, 0.1) is 0 Å². The van der Waals surface area contributed by atoms with E-state index in [9.17, 15) is 0 Å². The van der Waals surface area contributed by atoms with Crippen molar-refractivity contribution in [2.75, 3.05) is 0 Å². The van der Waals surface area contributed by atoms with E-state index >= 15 is 0 Å². The van der Waals surface area contributed by atoms with E-state index in [1.165, 1.54) is 276 Å². The van der Waals surface area contributed by atoms with Crippen molar-refractivity contribution in [1.82, 2.24) is 0 Å². The molecule has 0 fully saturated rings. The summed E-state index contributed by atoms with van der Waals surface area (Å²) in [5, 5.41) is 0. The molecule has 2 aromatic rings. The van der Waals surface area contributed by atoms with Crippen LogP contribution < -0.4 is 0 Å². The van der Waals surface area contributed by atoms with E-state index in [4.69, 9.17) is 4.99 Å². The summed E-state index contributed by atoms with van der Waals surface area (Å²) in [7, 11) is 0. The van der Waals surface area contributed by atoms with Crippen molar-refractivity contribution >= 4 is 22.8 Å². The van der Waals surface area contributed by atoms with Crippen molar-refractivity contribution in [2.24, 2.45) is 4.99 Å². The van der Waals surface area contributed by atoms with Crippen LogP contribution in [0.25, 0.3) is 0 Å². The second kappa shape index (κ2) is 40.7. The van der Waals surface area contributed by atoms with E-state index in [1.54, 1.807) is 0 Å². The molecule has 0 aliphatic heterocycles. The summed E-state index contributed by atoms with van der Waals surface area (Å²) < 4.78 is 2.44. The van der Waals surface area contributed by atoms with E-state index in [-0.39, 0.29) is 0 Å². The van der Waals surface area contributed by atoms with Crippen molar-refractivity contribution in [1.29, 1.82) is 0 Å². The van der Waals surface area contributed by atoms with E-state index < -0.39 is 0 Å². The van der Waals surface area contributed by atoms with Crippen LogP contribution in [0.4, 0.5) is 11.4 Å². The quantitative estimate of drug-likeness (QED) is 0.0358. The number of aliphatic imine (C=N–C) groups is 1. The van der Waals surface area contributed by atoms with Crippen LogP contribution in [0.3, 0.4) is 0 Å². The van der Waals surface area contributed by atoms with Crippen molar-refractivity contribution in [2.45, 2.75) is 298 Å². The summed E-state index contributed by atoms with van der Waals surface area (Å²) in [4.78, 5) is 5.74. The van der Waals surface area contributed by atoms with Gasteiger partial charge in [-0.15, -0.1) is 0 Å². The van der Waals surface area contributed by atoms with Gasteiger partial charge < -0.3 is 0 Å². The zero-order chi connectivity index (χ0) is 45.4. The molecular formula is C60H104N2Pd+. The van der Waals surface area contributed by atoms with Crippen LogP contribution in [0.1, 0.15) is 295 Å². The molecule has 63 heavy (non-hydrogen) atoms. The molecule has 0 unspecified atom stereocenters. The Kier molecular flexibility index (Phi) is 37.2. The molecule has 0 saturated carbocycles. The molecule has 0 bridgehead atoms. The number of hydrogen-bond acceptors (Lipinski definition) is 1. The van der Waals surface area contributed by atoms with Gasteiger partial charge in [0, 0.05) is 0 Å². The molecule has 0 N–H and O–H groups in total. The molecule has 0 heterocycles. The Balaban J connectivity index is 2.20. The minimum atomic E-state index is 1.05. The van der Waals surface area contributed by atoms with Gasteiger partial charge in [-0.3, -0.25) is 0 Å². The Hall–Kier alpha value is -1.56. The normalized spacial score (nSPS) is 12.4. The molecular weight excluding hydrogens is 855 g/mol. The Morgan fingerprint density at radius 1 is 0.349 bits per heavy atom. The molecule has 0 aliphatic rings. The fourth-order valence-corrected chi connectivity index (χ4v) is 9.93. The molecule has 0 spiro atoms. The Morgan fingerprint density at radius 2 is 0.651 bits per heavy atom. The van der Waals surface area contributed by atoms with Gasteiger partial charge in [0.25, 0.3) is 0 Å². The van der Waals surface area contributed by atoms with E-state index in [0.29, 0.717) is 0 Å². The van der Waals surface area contributed by atoms with Gasteiger partial charge >= 0.3 is 324 Å². The number of hydrogen-bond donors (Lipinski definition) is 0. The zero-order valence-electron chi connectivity index (χ0n) is 43.0. The molecule has 0 saturated heterocycles. The molecule has 363 valence electrons.